The van der Waals surface area contributed by atoms with Gasteiger partial charge in [-0.25, -0.2) is 21.5 Å². The lowest BCUT2D eigenvalue weighted by Gasteiger charge is -2.17. The van der Waals surface area contributed by atoms with Gasteiger partial charge in [-0.05, 0) is 12.1 Å². The van der Waals surface area contributed by atoms with Gasteiger partial charge in [-0.2, -0.15) is 0 Å². The second-order valence-corrected chi connectivity index (χ2v) is 6.81. The summed E-state index contributed by atoms with van der Waals surface area (Å²) in [7, 11) is -2.58. The number of hydrogen-bond donors (Lipinski definition) is 1. The zero-order valence-corrected chi connectivity index (χ0v) is 12.9. The summed E-state index contributed by atoms with van der Waals surface area (Å²) in [6.07, 6.45) is 0. The topological polar surface area (TPSA) is 49.4 Å². The first kappa shape index (κ1) is 17.0. The van der Waals surface area contributed by atoms with E-state index in [1.54, 1.807) is 6.92 Å². The predicted octanol–water partition coefficient (Wildman–Crippen LogP) is 2.10. The van der Waals surface area contributed by atoms with E-state index in [4.69, 9.17) is 0 Å². The molecule has 20 heavy (non-hydrogen) atoms. The van der Waals surface area contributed by atoms with Crippen LogP contribution in [0.25, 0.3) is 0 Å². The second-order valence-electron chi connectivity index (χ2n) is 4.79. The highest BCUT2D eigenvalue weighted by Gasteiger charge is 2.26. The van der Waals surface area contributed by atoms with E-state index in [9.17, 15) is 17.2 Å². The van der Waals surface area contributed by atoms with Crippen LogP contribution in [0, 0.1) is 11.6 Å². The van der Waals surface area contributed by atoms with Crippen LogP contribution in [-0.4, -0.2) is 32.4 Å². The Bertz CT molecular complexity index is 574. The first-order valence-corrected chi connectivity index (χ1v) is 7.82. The highest BCUT2D eigenvalue weighted by molar-refractivity contribution is 7.89. The zero-order valence-electron chi connectivity index (χ0n) is 12.1. The highest BCUT2D eigenvalue weighted by Crippen LogP contribution is 2.23. The molecule has 0 aromatic heterocycles. The second kappa shape index (κ2) is 6.60. The van der Waals surface area contributed by atoms with Gasteiger partial charge in [0, 0.05) is 31.7 Å². The van der Waals surface area contributed by atoms with Gasteiger partial charge in [-0.15, -0.1) is 0 Å². The molecular formula is C13H20F2N2O2S. The van der Waals surface area contributed by atoms with Gasteiger partial charge in [-0.1, -0.05) is 20.8 Å². The van der Waals surface area contributed by atoms with Crippen LogP contribution < -0.4 is 5.32 Å². The number of nitrogens with one attached hydrogen (secondary N) is 1. The van der Waals surface area contributed by atoms with Gasteiger partial charge in [0.05, 0.1) is 0 Å². The molecule has 0 unspecified atom stereocenters. The van der Waals surface area contributed by atoms with Crippen molar-refractivity contribution in [1.29, 1.82) is 0 Å². The molecule has 0 saturated carbocycles. The van der Waals surface area contributed by atoms with Crippen molar-refractivity contribution in [2.75, 3.05) is 13.6 Å². The van der Waals surface area contributed by atoms with Crippen LogP contribution in [-0.2, 0) is 16.6 Å². The molecule has 0 aliphatic rings. The summed E-state index contributed by atoms with van der Waals surface area (Å²) in [4.78, 5) is -0.496. The zero-order chi connectivity index (χ0) is 15.5. The Hall–Kier alpha value is -1.05. The molecule has 0 aliphatic heterocycles. The van der Waals surface area contributed by atoms with Crippen molar-refractivity contribution in [3.63, 3.8) is 0 Å². The van der Waals surface area contributed by atoms with E-state index >= 15 is 0 Å². The standard InChI is InChI=1S/C13H20F2N2O2S/c1-5-17(4)20(18,19)12-7-6-11(14)10(13(12)15)8-16-9(2)3/h6-7,9,16H,5,8H2,1-4H3. The highest BCUT2D eigenvalue weighted by atomic mass is 32.2. The number of sulfonamides is 1. The Morgan fingerprint density at radius 1 is 1.30 bits per heavy atom. The normalized spacial score (nSPS) is 12.4. The fourth-order valence-corrected chi connectivity index (χ4v) is 2.85. The lowest BCUT2D eigenvalue weighted by atomic mass is 10.2. The molecule has 0 heterocycles. The summed E-state index contributed by atoms with van der Waals surface area (Å²) in [5.74, 6) is -1.78. The maximum Gasteiger partial charge on any atom is 0.245 e. The van der Waals surface area contributed by atoms with Crippen LogP contribution in [0.3, 0.4) is 0 Å². The van der Waals surface area contributed by atoms with E-state index in [0.717, 1.165) is 16.4 Å². The molecule has 0 amide bonds. The molecule has 7 heteroatoms. The monoisotopic (exact) mass is 306 g/mol. The van der Waals surface area contributed by atoms with E-state index in [-0.39, 0.29) is 24.7 Å². The number of benzene rings is 1. The average molecular weight is 306 g/mol. The molecule has 0 radical (unpaired) electrons. The third kappa shape index (κ3) is 3.53. The minimum atomic E-state index is -3.93. The minimum Gasteiger partial charge on any atom is -0.310 e. The van der Waals surface area contributed by atoms with Gasteiger partial charge in [0.1, 0.15) is 10.7 Å². The van der Waals surface area contributed by atoms with E-state index in [1.807, 2.05) is 13.8 Å². The SMILES string of the molecule is CCN(C)S(=O)(=O)c1ccc(F)c(CNC(C)C)c1F. The molecule has 114 valence electrons. The largest absolute Gasteiger partial charge is 0.310 e. The third-order valence-electron chi connectivity index (χ3n) is 2.97. The number of nitrogens with zero attached hydrogens (tertiary/aromatic N) is 1. The Morgan fingerprint density at radius 3 is 2.40 bits per heavy atom. The van der Waals surface area contributed by atoms with Gasteiger partial charge in [0.2, 0.25) is 10.0 Å². The van der Waals surface area contributed by atoms with E-state index in [2.05, 4.69) is 5.32 Å². The number of halogens is 2. The smallest absolute Gasteiger partial charge is 0.245 e. The predicted molar refractivity (Wildman–Crippen MR) is 73.8 cm³/mol. The van der Waals surface area contributed by atoms with Gasteiger partial charge in [0.25, 0.3) is 0 Å². The van der Waals surface area contributed by atoms with Crippen molar-refractivity contribution in [3.8, 4) is 0 Å². The fourth-order valence-electron chi connectivity index (χ4n) is 1.58. The lowest BCUT2D eigenvalue weighted by Crippen LogP contribution is -2.28. The minimum absolute atomic E-state index is 0.0346. The quantitative estimate of drug-likeness (QED) is 0.875. The van der Waals surface area contributed by atoms with Crippen LogP contribution in [0.4, 0.5) is 8.78 Å². The Kier molecular flexibility index (Phi) is 5.61. The first-order valence-electron chi connectivity index (χ1n) is 6.38. The van der Waals surface area contributed by atoms with Crippen molar-refractivity contribution in [2.24, 2.45) is 0 Å². The number of hydrogen-bond acceptors (Lipinski definition) is 3. The van der Waals surface area contributed by atoms with E-state index < -0.39 is 26.6 Å². The van der Waals surface area contributed by atoms with Crippen molar-refractivity contribution < 1.29 is 17.2 Å². The lowest BCUT2D eigenvalue weighted by molar-refractivity contribution is 0.468. The van der Waals surface area contributed by atoms with Crippen molar-refractivity contribution in [3.05, 3.63) is 29.3 Å². The van der Waals surface area contributed by atoms with Crippen LogP contribution in [0.5, 0.6) is 0 Å². The molecule has 1 aromatic rings. The Labute approximate surface area is 118 Å². The van der Waals surface area contributed by atoms with Crippen molar-refractivity contribution in [2.45, 2.75) is 38.3 Å². The van der Waals surface area contributed by atoms with Crippen LogP contribution >= 0.6 is 0 Å². The van der Waals surface area contributed by atoms with E-state index in [1.165, 1.54) is 7.05 Å². The summed E-state index contributed by atoms with van der Waals surface area (Å²) >= 11 is 0. The summed E-state index contributed by atoms with van der Waals surface area (Å²) in [5, 5.41) is 2.88. The summed E-state index contributed by atoms with van der Waals surface area (Å²) < 4.78 is 53.2. The summed E-state index contributed by atoms with van der Waals surface area (Å²) in [6, 6.07) is 1.98. The van der Waals surface area contributed by atoms with Crippen LogP contribution in [0.15, 0.2) is 17.0 Å². The van der Waals surface area contributed by atoms with Gasteiger partial charge >= 0.3 is 0 Å². The maximum atomic E-state index is 14.3. The first-order chi connectivity index (χ1) is 9.21. The molecule has 0 atom stereocenters. The molecule has 1 rings (SSSR count). The fraction of sp³-hybridized carbons (Fsp3) is 0.538. The molecule has 1 aromatic carbocycles. The number of rotatable bonds is 6. The summed E-state index contributed by atoms with van der Waals surface area (Å²) in [6.45, 7) is 5.45. The van der Waals surface area contributed by atoms with Gasteiger partial charge in [-0.3, -0.25) is 0 Å². The molecular weight excluding hydrogens is 286 g/mol. The van der Waals surface area contributed by atoms with Crippen molar-refractivity contribution >= 4 is 10.0 Å². The van der Waals surface area contributed by atoms with Gasteiger partial charge in [0.15, 0.2) is 5.82 Å². The van der Waals surface area contributed by atoms with E-state index in [0.29, 0.717) is 0 Å². The maximum absolute atomic E-state index is 14.3. The Morgan fingerprint density at radius 2 is 1.90 bits per heavy atom. The molecule has 0 saturated heterocycles. The van der Waals surface area contributed by atoms with Crippen molar-refractivity contribution in [1.82, 2.24) is 9.62 Å². The molecule has 1 N–H and O–H groups in total. The molecule has 0 spiro atoms. The molecule has 0 bridgehead atoms. The third-order valence-corrected chi connectivity index (χ3v) is 4.92. The average Bonchev–Trinajstić information content (AvgIpc) is 2.36. The van der Waals surface area contributed by atoms with Crippen LogP contribution in [0.1, 0.15) is 26.3 Å². The summed E-state index contributed by atoms with van der Waals surface area (Å²) in [5.41, 5.74) is -0.260. The van der Waals surface area contributed by atoms with Gasteiger partial charge < -0.3 is 5.32 Å². The molecule has 4 nitrogen and oxygen atoms in total. The molecule has 0 fully saturated rings. The molecule has 0 aliphatic carbocycles. The van der Waals surface area contributed by atoms with Crippen LogP contribution in [0.2, 0.25) is 0 Å². The Balaban J connectivity index is 3.28.